The molecule has 1 unspecified atom stereocenters. The van der Waals surface area contributed by atoms with Gasteiger partial charge in [-0.25, -0.2) is 4.79 Å². The molecule has 0 radical (unpaired) electrons. The molecule has 3 aromatic carbocycles. The Morgan fingerprint density at radius 2 is 1.68 bits per heavy atom. The van der Waals surface area contributed by atoms with E-state index in [1.807, 2.05) is 30.3 Å². The first kappa shape index (κ1) is 20.5. The molecule has 1 amide bonds. The van der Waals surface area contributed by atoms with E-state index < -0.39 is 12.1 Å². The highest BCUT2D eigenvalue weighted by Crippen LogP contribution is 2.31. The highest BCUT2D eigenvalue weighted by Gasteiger charge is 2.22. The van der Waals surface area contributed by atoms with Crippen molar-refractivity contribution in [1.82, 2.24) is 4.57 Å². The largest absolute Gasteiger partial charge is 0.449 e. The fourth-order valence-corrected chi connectivity index (χ4v) is 3.83. The molecule has 0 aliphatic carbocycles. The highest BCUT2D eigenvalue weighted by molar-refractivity contribution is 6.10. The monoisotopic (exact) mass is 415 g/mol. The zero-order valence-electron chi connectivity index (χ0n) is 17.6. The molecule has 0 bridgehead atoms. The summed E-state index contributed by atoms with van der Waals surface area (Å²) in [6.45, 7) is 4.77. The summed E-state index contributed by atoms with van der Waals surface area (Å²) >= 11 is 0. The summed E-state index contributed by atoms with van der Waals surface area (Å²) in [5.41, 5.74) is 9.51. The smallest absolute Gasteiger partial charge is 0.338 e. The van der Waals surface area contributed by atoms with Crippen molar-refractivity contribution in [1.29, 1.82) is 0 Å². The van der Waals surface area contributed by atoms with Crippen LogP contribution in [0.2, 0.25) is 0 Å². The SMILES string of the molecule is CCC(OC(=O)c1ccc(N)cc1)C(=O)Nc1ccc2c(c1)c1ccccc1n2CC. The molecule has 0 fully saturated rings. The number of amides is 1. The summed E-state index contributed by atoms with van der Waals surface area (Å²) in [6, 6.07) is 20.5. The number of aryl methyl sites for hydroxylation is 1. The van der Waals surface area contributed by atoms with Gasteiger partial charge in [0.25, 0.3) is 5.91 Å². The fourth-order valence-electron chi connectivity index (χ4n) is 3.83. The maximum absolute atomic E-state index is 12.8. The molecule has 4 rings (SSSR count). The van der Waals surface area contributed by atoms with E-state index in [9.17, 15) is 9.59 Å². The van der Waals surface area contributed by atoms with Gasteiger partial charge < -0.3 is 20.4 Å². The molecular weight excluding hydrogens is 390 g/mol. The molecule has 0 aliphatic heterocycles. The molecule has 4 aromatic rings. The first-order valence-electron chi connectivity index (χ1n) is 10.4. The number of benzene rings is 3. The number of fused-ring (bicyclic) bond motifs is 3. The van der Waals surface area contributed by atoms with Gasteiger partial charge in [-0.1, -0.05) is 25.1 Å². The number of esters is 1. The average molecular weight is 415 g/mol. The number of nitrogens with zero attached hydrogens (tertiary/aromatic N) is 1. The lowest BCUT2D eigenvalue weighted by Crippen LogP contribution is -2.32. The Balaban J connectivity index is 1.56. The molecule has 0 saturated carbocycles. The zero-order valence-corrected chi connectivity index (χ0v) is 17.6. The Morgan fingerprint density at radius 3 is 2.39 bits per heavy atom. The number of para-hydroxylation sites is 1. The normalized spacial score (nSPS) is 12.1. The van der Waals surface area contributed by atoms with E-state index in [0.29, 0.717) is 23.4 Å². The molecule has 158 valence electrons. The highest BCUT2D eigenvalue weighted by atomic mass is 16.5. The van der Waals surface area contributed by atoms with Gasteiger partial charge in [0.05, 0.1) is 5.56 Å². The van der Waals surface area contributed by atoms with E-state index in [1.165, 1.54) is 0 Å². The molecule has 6 nitrogen and oxygen atoms in total. The number of hydrogen-bond donors (Lipinski definition) is 2. The van der Waals surface area contributed by atoms with Gasteiger partial charge in [-0.3, -0.25) is 4.79 Å². The second kappa shape index (κ2) is 8.52. The van der Waals surface area contributed by atoms with Crippen molar-refractivity contribution < 1.29 is 14.3 Å². The number of carbonyl (C=O) groups is 2. The van der Waals surface area contributed by atoms with Crippen LogP contribution in [0.3, 0.4) is 0 Å². The van der Waals surface area contributed by atoms with Crippen molar-refractivity contribution in [2.45, 2.75) is 32.9 Å². The third kappa shape index (κ3) is 3.97. The first-order valence-corrected chi connectivity index (χ1v) is 10.4. The first-order chi connectivity index (χ1) is 15.0. The lowest BCUT2D eigenvalue weighted by molar-refractivity contribution is -0.124. The number of nitrogens with one attached hydrogen (secondary N) is 1. The minimum absolute atomic E-state index is 0.356. The molecule has 1 heterocycles. The number of aromatic nitrogens is 1. The van der Waals surface area contributed by atoms with E-state index in [1.54, 1.807) is 31.2 Å². The van der Waals surface area contributed by atoms with Gasteiger partial charge >= 0.3 is 5.97 Å². The van der Waals surface area contributed by atoms with Crippen molar-refractivity contribution in [3.05, 3.63) is 72.3 Å². The van der Waals surface area contributed by atoms with Gasteiger partial charge in [0.2, 0.25) is 0 Å². The average Bonchev–Trinajstić information content (AvgIpc) is 3.10. The topological polar surface area (TPSA) is 86.3 Å². The molecule has 3 N–H and O–H groups in total. The molecular formula is C25H25N3O3. The number of nitrogen functional groups attached to an aromatic ring is 1. The summed E-state index contributed by atoms with van der Waals surface area (Å²) in [4.78, 5) is 25.2. The van der Waals surface area contributed by atoms with Crippen LogP contribution in [0, 0.1) is 0 Å². The minimum Gasteiger partial charge on any atom is -0.449 e. The van der Waals surface area contributed by atoms with Crippen LogP contribution in [-0.4, -0.2) is 22.5 Å². The number of nitrogens with two attached hydrogens (primary N) is 1. The van der Waals surface area contributed by atoms with Crippen molar-refractivity contribution in [2.75, 3.05) is 11.1 Å². The predicted molar refractivity (Wildman–Crippen MR) is 124 cm³/mol. The van der Waals surface area contributed by atoms with Gasteiger partial charge in [-0.15, -0.1) is 0 Å². The second-order valence-corrected chi connectivity index (χ2v) is 7.41. The Hall–Kier alpha value is -3.80. The minimum atomic E-state index is -0.891. The third-order valence-electron chi connectivity index (χ3n) is 5.42. The van der Waals surface area contributed by atoms with Gasteiger partial charge in [-0.05, 0) is 61.9 Å². The van der Waals surface area contributed by atoms with Crippen LogP contribution >= 0.6 is 0 Å². The van der Waals surface area contributed by atoms with Crippen molar-refractivity contribution >= 4 is 45.1 Å². The van der Waals surface area contributed by atoms with Crippen LogP contribution in [0.25, 0.3) is 21.8 Å². The molecule has 1 atom stereocenters. The summed E-state index contributed by atoms with van der Waals surface area (Å²) in [5, 5.41) is 5.11. The molecule has 0 saturated heterocycles. The summed E-state index contributed by atoms with van der Waals surface area (Å²) in [5.74, 6) is -0.909. The Labute approximate surface area is 180 Å². The zero-order chi connectivity index (χ0) is 22.0. The molecule has 6 heteroatoms. The maximum Gasteiger partial charge on any atom is 0.338 e. The van der Waals surface area contributed by atoms with E-state index in [0.717, 1.165) is 28.4 Å². The Bertz CT molecular complexity index is 1260. The van der Waals surface area contributed by atoms with Gasteiger partial charge in [-0.2, -0.15) is 0 Å². The van der Waals surface area contributed by atoms with Crippen LogP contribution in [-0.2, 0) is 16.1 Å². The Morgan fingerprint density at radius 1 is 0.968 bits per heavy atom. The van der Waals surface area contributed by atoms with Crippen LogP contribution in [0.5, 0.6) is 0 Å². The van der Waals surface area contributed by atoms with Gasteiger partial charge in [0.1, 0.15) is 0 Å². The fraction of sp³-hybridized carbons (Fsp3) is 0.200. The summed E-state index contributed by atoms with van der Waals surface area (Å²) < 4.78 is 7.69. The van der Waals surface area contributed by atoms with Gasteiger partial charge in [0.15, 0.2) is 6.10 Å². The molecule has 0 spiro atoms. The number of hydrogen-bond acceptors (Lipinski definition) is 4. The van der Waals surface area contributed by atoms with Crippen LogP contribution in [0.4, 0.5) is 11.4 Å². The van der Waals surface area contributed by atoms with E-state index in [2.05, 4.69) is 28.9 Å². The number of rotatable bonds is 6. The van der Waals surface area contributed by atoms with Crippen LogP contribution in [0.1, 0.15) is 30.6 Å². The lowest BCUT2D eigenvalue weighted by atomic mass is 10.1. The maximum atomic E-state index is 12.8. The molecule has 0 aliphatic rings. The van der Waals surface area contributed by atoms with Crippen molar-refractivity contribution in [3.63, 3.8) is 0 Å². The number of carbonyl (C=O) groups excluding carboxylic acids is 2. The number of ether oxygens (including phenoxy) is 1. The molecule has 31 heavy (non-hydrogen) atoms. The second-order valence-electron chi connectivity index (χ2n) is 7.41. The summed E-state index contributed by atoms with van der Waals surface area (Å²) in [6.07, 6.45) is -0.526. The number of anilines is 2. The quantitative estimate of drug-likeness (QED) is 0.344. The molecule has 1 aromatic heterocycles. The van der Waals surface area contributed by atoms with Crippen molar-refractivity contribution in [3.8, 4) is 0 Å². The van der Waals surface area contributed by atoms with E-state index in [-0.39, 0.29) is 5.91 Å². The van der Waals surface area contributed by atoms with E-state index >= 15 is 0 Å². The predicted octanol–water partition coefficient (Wildman–Crippen LogP) is 4.97. The Kier molecular flexibility index (Phi) is 5.62. The van der Waals surface area contributed by atoms with Gasteiger partial charge in [0, 0.05) is 39.7 Å². The van der Waals surface area contributed by atoms with Crippen LogP contribution < -0.4 is 11.1 Å². The lowest BCUT2D eigenvalue weighted by Gasteiger charge is -2.16. The third-order valence-corrected chi connectivity index (χ3v) is 5.42. The van der Waals surface area contributed by atoms with Crippen LogP contribution in [0.15, 0.2) is 66.7 Å². The summed E-state index contributed by atoms with van der Waals surface area (Å²) in [7, 11) is 0. The van der Waals surface area contributed by atoms with Crippen molar-refractivity contribution in [2.24, 2.45) is 0 Å². The standard InChI is InChI=1S/C25H25N3O3/c1-3-23(31-25(30)16-9-11-17(26)12-10-16)24(29)27-18-13-14-22-20(15-18)19-7-5-6-8-21(19)28(22)4-2/h5-15,23H,3-4,26H2,1-2H3,(H,27,29). The van der Waals surface area contributed by atoms with E-state index in [4.69, 9.17) is 10.5 Å².